The zero-order valence-electron chi connectivity index (χ0n) is 12.9. The Hall–Kier alpha value is -0.940. The molecule has 5 heteroatoms. The van der Waals surface area contributed by atoms with Gasteiger partial charge in [-0.1, -0.05) is 38.8 Å². The topological polar surface area (TPSA) is 46.0 Å². The molecule has 0 saturated heterocycles. The van der Waals surface area contributed by atoms with Gasteiger partial charge in [0.1, 0.15) is 0 Å². The molecule has 0 saturated carbocycles. The first-order chi connectivity index (χ1) is 9.11. The van der Waals surface area contributed by atoms with E-state index >= 15 is 0 Å². The molecule has 0 unspecified atom stereocenters. The van der Waals surface area contributed by atoms with Gasteiger partial charge in [-0.25, -0.2) is 0 Å². The molecule has 110 valence electrons. The van der Waals surface area contributed by atoms with E-state index in [1.807, 2.05) is 10.9 Å². The fourth-order valence-electron chi connectivity index (χ4n) is 1.85. The maximum atomic E-state index is 4.17. The average molecular weight is 267 g/mol. The molecule has 0 aliphatic rings. The van der Waals surface area contributed by atoms with Crippen molar-refractivity contribution in [3.05, 3.63) is 11.9 Å². The maximum Gasteiger partial charge on any atom is 0.0964 e. The summed E-state index contributed by atoms with van der Waals surface area (Å²) in [7, 11) is 2.17. The number of rotatable bonds is 10. The number of aromatic nitrogens is 3. The Labute approximate surface area is 117 Å². The van der Waals surface area contributed by atoms with Gasteiger partial charge in [0.2, 0.25) is 0 Å². The van der Waals surface area contributed by atoms with Gasteiger partial charge in [0.15, 0.2) is 0 Å². The van der Waals surface area contributed by atoms with Crippen molar-refractivity contribution in [3.8, 4) is 0 Å². The van der Waals surface area contributed by atoms with Crippen LogP contribution in [0.5, 0.6) is 0 Å². The quantitative estimate of drug-likeness (QED) is 0.658. The van der Waals surface area contributed by atoms with E-state index < -0.39 is 0 Å². The van der Waals surface area contributed by atoms with Crippen LogP contribution in [0.2, 0.25) is 0 Å². The molecule has 1 N–H and O–H groups in total. The van der Waals surface area contributed by atoms with Crippen molar-refractivity contribution >= 4 is 0 Å². The first-order valence-electron chi connectivity index (χ1n) is 7.42. The van der Waals surface area contributed by atoms with E-state index in [9.17, 15) is 0 Å². The Balaban J connectivity index is 2.22. The molecule has 0 spiro atoms. The van der Waals surface area contributed by atoms with Gasteiger partial charge in [-0.3, -0.25) is 4.68 Å². The number of nitrogens with zero attached hydrogens (tertiary/aromatic N) is 4. The Bertz CT molecular complexity index is 334. The van der Waals surface area contributed by atoms with Crippen LogP contribution in [0.4, 0.5) is 0 Å². The summed E-state index contributed by atoms with van der Waals surface area (Å²) in [6, 6.07) is 0.481. The minimum Gasteiger partial charge on any atom is -0.309 e. The summed E-state index contributed by atoms with van der Waals surface area (Å²) >= 11 is 0. The van der Waals surface area contributed by atoms with Crippen molar-refractivity contribution < 1.29 is 0 Å². The van der Waals surface area contributed by atoms with Crippen LogP contribution in [0.1, 0.15) is 45.7 Å². The van der Waals surface area contributed by atoms with E-state index in [2.05, 4.69) is 48.3 Å². The number of nitrogens with one attached hydrogen (secondary N) is 1. The largest absolute Gasteiger partial charge is 0.309 e. The predicted molar refractivity (Wildman–Crippen MR) is 79.0 cm³/mol. The van der Waals surface area contributed by atoms with E-state index in [4.69, 9.17) is 0 Å². The van der Waals surface area contributed by atoms with Crippen LogP contribution in [-0.2, 0) is 13.1 Å². The van der Waals surface area contributed by atoms with E-state index in [1.165, 1.54) is 25.8 Å². The van der Waals surface area contributed by atoms with Crippen molar-refractivity contribution in [1.29, 1.82) is 0 Å². The van der Waals surface area contributed by atoms with Crippen LogP contribution < -0.4 is 5.32 Å². The smallest absolute Gasteiger partial charge is 0.0964 e. The highest BCUT2D eigenvalue weighted by Gasteiger charge is 2.03. The number of hydrogen-bond donors (Lipinski definition) is 1. The molecule has 5 nitrogen and oxygen atoms in total. The molecule has 1 heterocycles. The number of likely N-dealkylation sites (N-methyl/N-ethyl adjacent to an activating group) is 1. The summed E-state index contributed by atoms with van der Waals surface area (Å²) in [6.45, 7) is 10.4. The van der Waals surface area contributed by atoms with Crippen LogP contribution >= 0.6 is 0 Å². The normalized spacial score (nSPS) is 11.7. The molecule has 0 aliphatic heterocycles. The standard InChI is InChI=1S/C14H29N5/c1-5-6-7-8-18(4)9-10-19-12-14(16-17-19)11-15-13(2)3/h12-13,15H,5-11H2,1-4H3. The minimum atomic E-state index is 0.481. The second-order valence-electron chi connectivity index (χ2n) is 5.52. The van der Waals surface area contributed by atoms with Crippen LogP contribution in [0.15, 0.2) is 6.20 Å². The third-order valence-corrected chi connectivity index (χ3v) is 3.13. The van der Waals surface area contributed by atoms with Gasteiger partial charge >= 0.3 is 0 Å². The summed E-state index contributed by atoms with van der Waals surface area (Å²) in [5.41, 5.74) is 1.02. The van der Waals surface area contributed by atoms with Crippen molar-refractivity contribution in [3.63, 3.8) is 0 Å². The summed E-state index contributed by atoms with van der Waals surface area (Å²) in [6.07, 6.45) is 5.92. The predicted octanol–water partition coefficient (Wildman–Crippen LogP) is 1.90. The zero-order chi connectivity index (χ0) is 14.1. The van der Waals surface area contributed by atoms with Crippen molar-refractivity contribution in [2.45, 2.75) is 59.2 Å². The summed E-state index contributed by atoms with van der Waals surface area (Å²) < 4.78 is 1.94. The zero-order valence-corrected chi connectivity index (χ0v) is 12.9. The first kappa shape index (κ1) is 16.1. The highest BCUT2D eigenvalue weighted by atomic mass is 15.4. The highest BCUT2D eigenvalue weighted by molar-refractivity contribution is 4.91. The summed E-state index contributed by atoms with van der Waals surface area (Å²) in [5, 5.41) is 11.7. The molecule has 0 fully saturated rings. The van der Waals surface area contributed by atoms with Gasteiger partial charge in [-0.2, -0.15) is 0 Å². The lowest BCUT2D eigenvalue weighted by Gasteiger charge is -2.15. The first-order valence-corrected chi connectivity index (χ1v) is 7.42. The molecule has 1 rings (SSSR count). The van der Waals surface area contributed by atoms with Gasteiger partial charge in [0, 0.05) is 25.3 Å². The SMILES string of the molecule is CCCCCN(C)CCn1cc(CNC(C)C)nn1. The van der Waals surface area contributed by atoms with Gasteiger partial charge in [0.25, 0.3) is 0 Å². The van der Waals surface area contributed by atoms with Crippen LogP contribution in [0.3, 0.4) is 0 Å². The van der Waals surface area contributed by atoms with E-state index in [0.717, 1.165) is 25.3 Å². The van der Waals surface area contributed by atoms with Gasteiger partial charge in [-0.15, -0.1) is 5.10 Å². The van der Waals surface area contributed by atoms with Crippen LogP contribution in [0, 0.1) is 0 Å². The summed E-state index contributed by atoms with van der Waals surface area (Å²) in [4.78, 5) is 2.36. The van der Waals surface area contributed by atoms with Crippen molar-refractivity contribution in [1.82, 2.24) is 25.2 Å². The molecule has 0 aliphatic carbocycles. The number of hydrogen-bond acceptors (Lipinski definition) is 4. The fourth-order valence-corrected chi connectivity index (χ4v) is 1.85. The molecular weight excluding hydrogens is 238 g/mol. The van der Waals surface area contributed by atoms with Gasteiger partial charge in [0.05, 0.1) is 12.2 Å². The maximum absolute atomic E-state index is 4.17. The van der Waals surface area contributed by atoms with E-state index in [1.54, 1.807) is 0 Å². The Morgan fingerprint density at radius 3 is 2.79 bits per heavy atom. The third kappa shape index (κ3) is 7.28. The minimum absolute atomic E-state index is 0.481. The number of unbranched alkanes of at least 4 members (excludes halogenated alkanes) is 2. The monoisotopic (exact) mass is 267 g/mol. The van der Waals surface area contributed by atoms with Crippen molar-refractivity contribution in [2.24, 2.45) is 0 Å². The molecule has 1 aromatic heterocycles. The Morgan fingerprint density at radius 2 is 2.11 bits per heavy atom. The Morgan fingerprint density at radius 1 is 1.32 bits per heavy atom. The average Bonchev–Trinajstić information content (AvgIpc) is 2.82. The Kier molecular flexibility index (Phi) is 7.67. The second-order valence-corrected chi connectivity index (χ2v) is 5.52. The fraction of sp³-hybridized carbons (Fsp3) is 0.857. The lowest BCUT2D eigenvalue weighted by Crippen LogP contribution is -2.24. The van der Waals surface area contributed by atoms with Gasteiger partial charge in [-0.05, 0) is 20.0 Å². The van der Waals surface area contributed by atoms with E-state index in [0.29, 0.717) is 6.04 Å². The summed E-state index contributed by atoms with van der Waals surface area (Å²) in [5.74, 6) is 0. The van der Waals surface area contributed by atoms with Crippen molar-refractivity contribution in [2.75, 3.05) is 20.1 Å². The molecule has 0 atom stereocenters. The van der Waals surface area contributed by atoms with Crippen LogP contribution in [-0.4, -0.2) is 46.1 Å². The highest BCUT2D eigenvalue weighted by Crippen LogP contribution is 1.98. The third-order valence-electron chi connectivity index (χ3n) is 3.13. The molecule has 0 aromatic carbocycles. The molecular formula is C14H29N5. The van der Waals surface area contributed by atoms with Crippen LogP contribution in [0.25, 0.3) is 0 Å². The van der Waals surface area contributed by atoms with E-state index in [-0.39, 0.29) is 0 Å². The van der Waals surface area contributed by atoms with Gasteiger partial charge < -0.3 is 10.2 Å². The molecule has 19 heavy (non-hydrogen) atoms. The molecule has 1 aromatic rings. The lowest BCUT2D eigenvalue weighted by atomic mass is 10.2. The lowest BCUT2D eigenvalue weighted by molar-refractivity contribution is 0.304. The second kappa shape index (κ2) is 9.04. The molecule has 0 amide bonds. The molecule has 0 bridgehead atoms. The molecule has 0 radical (unpaired) electrons.